The molecule has 0 bridgehead atoms. The molecule has 0 spiro atoms. The first-order valence-corrected chi connectivity index (χ1v) is 9.14. The zero-order chi connectivity index (χ0) is 15.4. The summed E-state index contributed by atoms with van der Waals surface area (Å²) >= 11 is 1.58. The highest BCUT2D eigenvalue weighted by molar-refractivity contribution is 7.89. The number of nitrogens with one attached hydrogen (secondary N) is 1. The van der Waals surface area contributed by atoms with Gasteiger partial charge < -0.3 is 4.42 Å². The first kappa shape index (κ1) is 15.0. The predicted octanol–water partition coefficient (Wildman–Crippen LogP) is 3.45. The van der Waals surface area contributed by atoms with Gasteiger partial charge in [0, 0.05) is 11.4 Å². The quantitative estimate of drug-likeness (QED) is 0.751. The molecule has 0 fully saturated rings. The van der Waals surface area contributed by atoms with Gasteiger partial charge in [0.1, 0.15) is 5.76 Å². The largest absolute Gasteiger partial charge is 0.469 e. The average Bonchev–Trinajstić information content (AvgIpc) is 3.22. The average molecular weight is 333 g/mol. The smallest absolute Gasteiger partial charge is 0.240 e. The van der Waals surface area contributed by atoms with Gasteiger partial charge in [0.15, 0.2) is 0 Å². The maximum atomic E-state index is 12.3. The second-order valence-corrected chi connectivity index (χ2v) is 7.49. The van der Waals surface area contributed by atoms with E-state index in [-0.39, 0.29) is 17.4 Å². The van der Waals surface area contributed by atoms with Gasteiger partial charge in [-0.15, -0.1) is 11.3 Å². The molecule has 2 heterocycles. The van der Waals surface area contributed by atoms with E-state index in [4.69, 9.17) is 4.42 Å². The topological polar surface area (TPSA) is 59.3 Å². The summed E-state index contributed by atoms with van der Waals surface area (Å²) in [5.74, 6) is 0.617. The Hall–Kier alpha value is -1.89. The lowest BCUT2D eigenvalue weighted by Gasteiger charge is -2.14. The SMILES string of the molecule is O=S(=O)(NCC(c1ccco1)c1cccs1)c1ccccc1. The van der Waals surface area contributed by atoms with E-state index in [9.17, 15) is 8.42 Å². The van der Waals surface area contributed by atoms with Crippen LogP contribution in [0.25, 0.3) is 0 Å². The van der Waals surface area contributed by atoms with Gasteiger partial charge in [0.05, 0.1) is 17.1 Å². The highest BCUT2D eigenvalue weighted by Crippen LogP contribution is 2.28. The molecule has 3 rings (SSSR count). The van der Waals surface area contributed by atoms with Gasteiger partial charge in [-0.3, -0.25) is 0 Å². The van der Waals surface area contributed by atoms with Crippen molar-refractivity contribution in [1.29, 1.82) is 0 Å². The maximum absolute atomic E-state index is 12.3. The Bertz CT molecular complexity index is 760. The second-order valence-electron chi connectivity index (χ2n) is 4.75. The summed E-state index contributed by atoms with van der Waals surface area (Å²) in [7, 11) is -3.52. The van der Waals surface area contributed by atoms with E-state index in [0.717, 1.165) is 10.6 Å². The van der Waals surface area contributed by atoms with Crippen molar-refractivity contribution in [2.75, 3.05) is 6.54 Å². The minimum atomic E-state index is -3.52. The molecule has 1 aromatic carbocycles. The molecule has 3 aromatic rings. The number of thiophene rings is 1. The van der Waals surface area contributed by atoms with Crippen LogP contribution in [0.15, 0.2) is 75.6 Å². The van der Waals surface area contributed by atoms with E-state index >= 15 is 0 Å². The fourth-order valence-electron chi connectivity index (χ4n) is 2.20. The van der Waals surface area contributed by atoms with Crippen molar-refractivity contribution < 1.29 is 12.8 Å². The highest BCUT2D eigenvalue weighted by Gasteiger charge is 2.21. The molecule has 0 aliphatic rings. The standard InChI is InChI=1S/C16H15NO3S2/c18-22(19,13-6-2-1-3-7-13)17-12-14(15-8-4-10-20-15)16-9-5-11-21-16/h1-11,14,17H,12H2. The summed E-state index contributed by atoms with van der Waals surface area (Å²) < 4.78 is 32.8. The van der Waals surface area contributed by atoms with Gasteiger partial charge in [-0.25, -0.2) is 13.1 Å². The van der Waals surface area contributed by atoms with Crippen LogP contribution in [0, 0.1) is 0 Å². The number of hydrogen-bond donors (Lipinski definition) is 1. The molecule has 4 nitrogen and oxygen atoms in total. The molecule has 0 saturated carbocycles. The second kappa shape index (κ2) is 6.48. The van der Waals surface area contributed by atoms with Crippen molar-refractivity contribution in [3.05, 3.63) is 76.9 Å². The van der Waals surface area contributed by atoms with Gasteiger partial charge in [0.25, 0.3) is 0 Å². The van der Waals surface area contributed by atoms with Crippen molar-refractivity contribution >= 4 is 21.4 Å². The Kier molecular flexibility index (Phi) is 4.42. The van der Waals surface area contributed by atoms with Crippen molar-refractivity contribution in [3.63, 3.8) is 0 Å². The van der Waals surface area contributed by atoms with Gasteiger partial charge in [0.2, 0.25) is 10.0 Å². The molecule has 0 aliphatic heterocycles. The van der Waals surface area contributed by atoms with Crippen LogP contribution in [-0.4, -0.2) is 15.0 Å². The summed E-state index contributed by atoms with van der Waals surface area (Å²) in [6.07, 6.45) is 1.60. The molecular weight excluding hydrogens is 318 g/mol. The van der Waals surface area contributed by atoms with E-state index in [1.54, 1.807) is 47.9 Å². The molecule has 1 atom stereocenters. The Labute approximate surface area is 133 Å². The molecule has 114 valence electrons. The lowest BCUT2D eigenvalue weighted by Crippen LogP contribution is -2.28. The predicted molar refractivity (Wildman–Crippen MR) is 86.5 cm³/mol. The van der Waals surface area contributed by atoms with E-state index in [0.29, 0.717) is 0 Å². The van der Waals surface area contributed by atoms with Gasteiger partial charge in [-0.1, -0.05) is 24.3 Å². The highest BCUT2D eigenvalue weighted by atomic mass is 32.2. The number of hydrogen-bond acceptors (Lipinski definition) is 4. The fourth-order valence-corrected chi connectivity index (χ4v) is 4.10. The van der Waals surface area contributed by atoms with Crippen molar-refractivity contribution in [2.45, 2.75) is 10.8 Å². The molecule has 1 unspecified atom stereocenters. The first-order valence-electron chi connectivity index (χ1n) is 6.78. The summed E-state index contributed by atoms with van der Waals surface area (Å²) in [5.41, 5.74) is 0. The third-order valence-corrected chi connectivity index (χ3v) is 5.73. The van der Waals surface area contributed by atoms with Gasteiger partial charge in [-0.05, 0) is 35.7 Å². The Morgan fingerprint density at radius 3 is 2.50 bits per heavy atom. The van der Waals surface area contributed by atoms with Crippen molar-refractivity contribution in [3.8, 4) is 0 Å². The summed E-state index contributed by atoms with van der Waals surface area (Å²) in [6.45, 7) is 0.255. The van der Waals surface area contributed by atoms with Crippen LogP contribution in [0.5, 0.6) is 0 Å². The lowest BCUT2D eigenvalue weighted by molar-refractivity contribution is 0.483. The Morgan fingerprint density at radius 1 is 1.05 bits per heavy atom. The van der Waals surface area contributed by atoms with Crippen LogP contribution < -0.4 is 4.72 Å². The van der Waals surface area contributed by atoms with Crippen molar-refractivity contribution in [2.24, 2.45) is 0 Å². The molecule has 0 amide bonds. The molecular formula is C16H15NO3S2. The van der Waals surface area contributed by atoms with E-state index < -0.39 is 10.0 Å². The third-order valence-electron chi connectivity index (χ3n) is 3.30. The minimum absolute atomic E-state index is 0.131. The number of furan rings is 1. The zero-order valence-corrected chi connectivity index (χ0v) is 13.3. The number of sulfonamides is 1. The normalized spacial score (nSPS) is 13.1. The molecule has 0 saturated heterocycles. The summed E-state index contributed by atoms with van der Waals surface area (Å²) in [5, 5.41) is 1.97. The molecule has 6 heteroatoms. The number of benzene rings is 1. The van der Waals surface area contributed by atoms with Gasteiger partial charge in [-0.2, -0.15) is 0 Å². The lowest BCUT2D eigenvalue weighted by atomic mass is 10.1. The molecule has 0 radical (unpaired) electrons. The molecule has 1 N–H and O–H groups in total. The van der Waals surface area contributed by atoms with Crippen LogP contribution in [0.3, 0.4) is 0 Å². The van der Waals surface area contributed by atoms with Crippen LogP contribution >= 0.6 is 11.3 Å². The maximum Gasteiger partial charge on any atom is 0.240 e. The zero-order valence-electron chi connectivity index (χ0n) is 11.7. The molecule has 2 aromatic heterocycles. The Balaban J connectivity index is 1.81. The van der Waals surface area contributed by atoms with Crippen LogP contribution in [0.2, 0.25) is 0 Å². The molecule has 22 heavy (non-hydrogen) atoms. The number of rotatable bonds is 6. The fraction of sp³-hybridized carbons (Fsp3) is 0.125. The van der Waals surface area contributed by atoms with E-state index in [2.05, 4.69) is 4.72 Å². The van der Waals surface area contributed by atoms with E-state index in [1.807, 2.05) is 29.6 Å². The Morgan fingerprint density at radius 2 is 1.86 bits per heavy atom. The van der Waals surface area contributed by atoms with E-state index in [1.165, 1.54) is 0 Å². The molecule has 0 aliphatic carbocycles. The minimum Gasteiger partial charge on any atom is -0.469 e. The summed E-state index contributed by atoms with van der Waals surface area (Å²) in [6, 6.07) is 16.0. The summed E-state index contributed by atoms with van der Waals surface area (Å²) in [4.78, 5) is 1.32. The van der Waals surface area contributed by atoms with Crippen LogP contribution in [0.1, 0.15) is 16.6 Å². The third kappa shape index (κ3) is 3.30. The van der Waals surface area contributed by atoms with Crippen LogP contribution in [-0.2, 0) is 10.0 Å². The van der Waals surface area contributed by atoms with Crippen LogP contribution in [0.4, 0.5) is 0 Å². The first-order chi connectivity index (χ1) is 10.7. The van der Waals surface area contributed by atoms with Crippen molar-refractivity contribution in [1.82, 2.24) is 4.72 Å². The van der Waals surface area contributed by atoms with Gasteiger partial charge >= 0.3 is 0 Å². The monoisotopic (exact) mass is 333 g/mol.